The van der Waals surface area contributed by atoms with Crippen LogP contribution in [0.5, 0.6) is 0 Å². The number of rotatable bonds is 12. The van der Waals surface area contributed by atoms with Gasteiger partial charge in [-0.3, -0.25) is 4.55 Å². The van der Waals surface area contributed by atoms with Gasteiger partial charge in [0.05, 0.1) is 45.2 Å². The summed E-state index contributed by atoms with van der Waals surface area (Å²) in [6.45, 7) is -0.853. The molecule has 0 amide bonds. The Kier molecular flexibility index (Phi) is 11.8. The van der Waals surface area contributed by atoms with E-state index < -0.39 is 121 Å². The predicted molar refractivity (Wildman–Crippen MR) is 128 cm³/mol. The van der Waals surface area contributed by atoms with Crippen molar-refractivity contribution in [3.05, 3.63) is 11.8 Å². The first-order valence-corrected chi connectivity index (χ1v) is 13.9. The fourth-order valence-electron chi connectivity index (χ4n) is 4.83. The number of carbonyl (C=O) groups is 1. The van der Waals surface area contributed by atoms with Crippen molar-refractivity contribution in [3.63, 3.8) is 0 Å². The highest BCUT2D eigenvalue weighted by Gasteiger charge is 2.47. The van der Waals surface area contributed by atoms with Crippen molar-refractivity contribution >= 4 is 16.4 Å². The lowest BCUT2D eigenvalue weighted by Gasteiger charge is -2.43. The van der Waals surface area contributed by atoms with Gasteiger partial charge in [-0.1, -0.05) is 0 Å². The SMILES string of the molecule is CC1O[C@@H](COC[C@H]2C(COC[C@@H]3OC(C(=O)O)=C[C@@H](O)C3O)[C@H](O)OC(CO)[C@H]2O)C(O)[C@@H](OS(=O)(=O)O)[C@@H]1O. The molecule has 0 radical (unpaired) electrons. The van der Waals surface area contributed by atoms with Crippen molar-refractivity contribution in [2.24, 2.45) is 11.8 Å². The molecule has 41 heavy (non-hydrogen) atoms. The van der Waals surface area contributed by atoms with Crippen LogP contribution in [0.3, 0.4) is 0 Å². The lowest BCUT2D eigenvalue weighted by molar-refractivity contribution is -0.273. The molecule has 3 aliphatic rings. The predicted octanol–water partition coefficient (Wildman–Crippen LogP) is -4.89. The molecule has 0 bridgehead atoms. The van der Waals surface area contributed by atoms with Gasteiger partial charge in [0.15, 0.2) is 12.4 Å². The van der Waals surface area contributed by atoms with E-state index in [-0.39, 0.29) is 13.2 Å². The Morgan fingerprint density at radius 1 is 0.854 bits per heavy atom. The Bertz CT molecular complexity index is 1010. The van der Waals surface area contributed by atoms with E-state index in [2.05, 4.69) is 4.18 Å². The summed E-state index contributed by atoms with van der Waals surface area (Å²) in [4.78, 5) is 11.2. The van der Waals surface area contributed by atoms with Gasteiger partial charge in [-0.25, -0.2) is 8.98 Å². The molecule has 9 N–H and O–H groups in total. The Morgan fingerprint density at radius 3 is 2.05 bits per heavy atom. The number of aliphatic hydroxyl groups excluding tert-OH is 7. The van der Waals surface area contributed by atoms with Crippen molar-refractivity contribution in [3.8, 4) is 0 Å². The third kappa shape index (κ3) is 8.51. The normalized spacial score (nSPS) is 41.9. The van der Waals surface area contributed by atoms with Gasteiger partial charge in [0, 0.05) is 11.8 Å². The van der Waals surface area contributed by atoms with Crippen LogP contribution in [-0.2, 0) is 43.1 Å². The summed E-state index contributed by atoms with van der Waals surface area (Å²) in [5.74, 6) is -4.05. The van der Waals surface area contributed by atoms with Gasteiger partial charge in [0.25, 0.3) is 0 Å². The summed E-state index contributed by atoms with van der Waals surface area (Å²) in [5, 5.41) is 80.5. The van der Waals surface area contributed by atoms with E-state index in [4.69, 9.17) is 33.3 Å². The van der Waals surface area contributed by atoms with E-state index in [9.17, 15) is 49.0 Å². The van der Waals surface area contributed by atoms with E-state index in [1.54, 1.807) is 0 Å². The lowest BCUT2D eigenvalue weighted by atomic mass is 9.83. The zero-order chi connectivity index (χ0) is 30.6. The fraction of sp³-hybridized carbons (Fsp3) is 0.864. The van der Waals surface area contributed by atoms with E-state index in [0.29, 0.717) is 0 Å². The Balaban J connectivity index is 1.63. The smallest absolute Gasteiger partial charge is 0.397 e. The van der Waals surface area contributed by atoms with Crippen LogP contribution in [0.25, 0.3) is 0 Å². The number of ether oxygens (including phenoxy) is 5. The van der Waals surface area contributed by atoms with Gasteiger partial charge >= 0.3 is 16.4 Å². The second kappa shape index (κ2) is 14.3. The summed E-state index contributed by atoms with van der Waals surface area (Å²) < 4.78 is 62.5. The Morgan fingerprint density at radius 2 is 1.46 bits per heavy atom. The van der Waals surface area contributed by atoms with Crippen LogP contribution in [0.15, 0.2) is 11.8 Å². The molecule has 0 aromatic rings. The first kappa shape index (κ1) is 33.9. The van der Waals surface area contributed by atoms with Crippen LogP contribution in [0, 0.1) is 11.8 Å². The molecule has 238 valence electrons. The highest BCUT2D eigenvalue weighted by Crippen LogP contribution is 2.32. The maximum atomic E-state index is 11.2. The van der Waals surface area contributed by atoms with E-state index in [0.717, 1.165) is 6.08 Å². The molecule has 2 saturated heterocycles. The van der Waals surface area contributed by atoms with Gasteiger partial charge < -0.3 is 64.5 Å². The second-order valence-electron chi connectivity index (χ2n) is 9.96. The highest BCUT2D eigenvalue weighted by atomic mass is 32.3. The maximum absolute atomic E-state index is 11.2. The third-order valence-corrected chi connectivity index (χ3v) is 7.58. The van der Waals surface area contributed by atoms with Crippen LogP contribution in [0.1, 0.15) is 6.92 Å². The number of hydrogen-bond acceptors (Lipinski definition) is 16. The fourth-order valence-corrected chi connectivity index (χ4v) is 5.34. The third-order valence-electron chi connectivity index (χ3n) is 7.11. The van der Waals surface area contributed by atoms with Crippen molar-refractivity contribution in [1.29, 1.82) is 0 Å². The zero-order valence-electron chi connectivity index (χ0n) is 21.7. The molecule has 13 atom stereocenters. The average Bonchev–Trinajstić information content (AvgIpc) is 2.89. The molecule has 3 aliphatic heterocycles. The monoisotopic (exact) mass is 620 g/mol. The molecule has 0 saturated carbocycles. The van der Waals surface area contributed by atoms with Crippen molar-refractivity contribution in [2.75, 3.05) is 33.0 Å². The molecule has 0 spiro atoms. The summed E-state index contributed by atoms with van der Waals surface area (Å²) in [6, 6.07) is 0. The molecule has 3 heterocycles. The van der Waals surface area contributed by atoms with Gasteiger partial charge in [0.1, 0.15) is 42.7 Å². The summed E-state index contributed by atoms with van der Waals surface area (Å²) >= 11 is 0. The summed E-state index contributed by atoms with van der Waals surface area (Å²) in [5.41, 5.74) is 0. The van der Waals surface area contributed by atoms with E-state index in [1.807, 2.05) is 0 Å². The standard InChI is InChI=1S/C22H36O18S/c1-8-16(25)20(40-41(32,33)34)19(28)15(37-8)7-35-4-9-10(22(31)39-13(3-23)17(9)26)5-36-6-14-18(27)11(24)2-12(38-14)21(29)30/h2,8-11,13-20,22-28,31H,3-7H2,1H3,(H,29,30)(H,32,33,34)/t8?,9-,10?,11+,13?,14-,15-,16+,17-,18?,19?,20-,22+/m0/s1. The highest BCUT2D eigenvalue weighted by molar-refractivity contribution is 7.80. The van der Waals surface area contributed by atoms with Gasteiger partial charge in [-0.2, -0.15) is 8.42 Å². The average molecular weight is 621 g/mol. The van der Waals surface area contributed by atoms with Crippen LogP contribution >= 0.6 is 0 Å². The Labute approximate surface area is 234 Å². The van der Waals surface area contributed by atoms with Crippen molar-refractivity contribution < 1.29 is 86.5 Å². The van der Waals surface area contributed by atoms with Crippen LogP contribution < -0.4 is 0 Å². The lowest BCUT2D eigenvalue weighted by Crippen LogP contribution is -2.59. The van der Waals surface area contributed by atoms with Gasteiger partial charge in [-0.15, -0.1) is 0 Å². The molecule has 2 fully saturated rings. The molecule has 19 heteroatoms. The first-order chi connectivity index (χ1) is 19.1. The molecular weight excluding hydrogens is 584 g/mol. The van der Waals surface area contributed by atoms with Crippen molar-refractivity contribution in [1.82, 2.24) is 0 Å². The van der Waals surface area contributed by atoms with Gasteiger partial charge in [-0.05, 0) is 13.0 Å². The quantitative estimate of drug-likeness (QED) is 0.0924. The van der Waals surface area contributed by atoms with Crippen molar-refractivity contribution in [2.45, 2.75) is 74.3 Å². The number of hydrogen-bond donors (Lipinski definition) is 9. The first-order valence-electron chi connectivity index (χ1n) is 12.6. The molecule has 5 unspecified atom stereocenters. The molecule has 0 aliphatic carbocycles. The molecule has 18 nitrogen and oxygen atoms in total. The number of aliphatic carboxylic acids is 1. The minimum atomic E-state index is -5.03. The van der Waals surface area contributed by atoms with Gasteiger partial charge in [0.2, 0.25) is 5.76 Å². The number of carboxylic acids is 1. The second-order valence-corrected chi connectivity index (χ2v) is 11.0. The molecular formula is C22H36O18S. The number of aliphatic hydroxyl groups is 7. The molecule has 0 aromatic heterocycles. The largest absolute Gasteiger partial charge is 0.478 e. The van der Waals surface area contributed by atoms with Crippen LogP contribution in [-0.4, -0.2) is 160 Å². The Hall–Kier alpha value is -1.56. The van der Waals surface area contributed by atoms with E-state index in [1.165, 1.54) is 6.92 Å². The minimum absolute atomic E-state index is 0.341. The zero-order valence-corrected chi connectivity index (χ0v) is 22.5. The molecule has 0 aromatic carbocycles. The van der Waals surface area contributed by atoms with Crippen LogP contribution in [0.2, 0.25) is 0 Å². The van der Waals surface area contributed by atoms with E-state index >= 15 is 0 Å². The summed E-state index contributed by atoms with van der Waals surface area (Å²) in [7, 11) is -5.03. The summed E-state index contributed by atoms with van der Waals surface area (Å²) in [6.07, 6.45) is -15.2. The van der Waals surface area contributed by atoms with Crippen LogP contribution in [0.4, 0.5) is 0 Å². The minimum Gasteiger partial charge on any atom is -0.478 e. The number of carboxylic acid groups (broad SMARTS) is 1. The molecule has 3 rings (SSSR count). The topological polar surface area (TPSA) is 289 Å². The maximum Gasteiger partial charge on any atom is 0.397 e.